The summed E-state index contributed by atoms with van der Waals surface area (Å²) in [4.78, 5) is 0. The van der Waals surface area contributed by atoms with Crippen LogP contribution in [-0.4, -0.2) is 17.3 Å². The summed E-state index contributed by atoms with van der Waals surface area (Å²) < 4.78 is 13.2. The van der Waals surface area contributed by atoms with E-state index in [0.29, 0.717) is 18.1 Å². The van der Waals surface area contributed by atoms with Gasteiger partial charge in [-0.25, -0.2) is 4.39 Å². The summed E-state index contributed by atoms with van der Waals surface area (Å²) >= 11 is 6.02. The molecule has 0 unspecified atom stereocenters. The molecular weight excluding hydrogens is 277 g/mol. The molecule has 2 nitrogen and oxygen atoms in total. The van der Waals surface area contributed by atoms with Crippen molar-refractivity contribution >= 4 is 11.6 Å². The van der Waals surface area contributed by atoms with Gasteiger partial charge in [-0.3, -0.25) is 0 Å². The fraction of sp³-hybridized carbons (Fsp3) is 0.625. The minimum absolute atomic E-state index is 0.284. The highest BCUT2D eigenvalue weighted by Crippen LogP contribution is 2.33. The Morgan fingerprint density at radius 2 is 2.10 bits per heavy atom. The molecule has 0 radical (unpaired) electrons. The van der Waals surface area contributed by atoms with Gasteiger partial charge in [-0.2, -0.15) is 0 Å². The van der Waals surface area contributed by atoms with Crippen LogP contribution in [0.2, 0.25) is 5.02 Å². The van der Waals surface area contributed by atoms with E-state index < -0.39 is 5.60 Å². The molecule has 0 atom stereocenters. The zero-order chi connectivity index (χ0) is 14.6. The van der Waals surface area contributed by atoms with Crippen LogP contribution < -0.4 is 5.32 Å². The lowest BCUT2D eigenvalue weighted by molar-refractivity contribution is -0.00881. The average molecular weight is 300 g/mol. The van der Waals surface area contributed by atoms with Crippen LogP contribution in [0.4, 0.5) is 4.39 Å². The van der Waals surface area contributed by atoms with Gasteiger partial charge in [0.2, 0.25) is 0 Å². The van der Waals surface area contributed by atoms with Gasteiger partial charge >= 0.3 is 0 Å². The van der Waals surface area contributed by atoms with Crippen LogP contribution in [0.1, 0.15) is 44.6 Å². The lowest BCUT2D eigenvalue weighted by atomic mass is 9.78. The van der Waals surface area contributed by atoms with Crippen LogP contribution in [-0.2, 0) is 6.54 Å². The third kappa shape index (κ3) is 4.18. The normalized spacial score (nSPS) is 26.7. The summed E-state index contributed by atoms with van der Waals surface area (Å²) in [7, 11) is 0. The average Bonchev–Trinajstić information content (AvgIpc) is 2.43. The minimum Gasteiger partial charge on any atom is -0.389 e. The molecular formula is C16H23ClFNO. The first-order valence-electron chi connectivity index (χ1n) is 7.39. The van der Waals surface area contributed by atoms with Crippen LogP contribution in [0.5, 0.6) is 0 Å². The summed E-state index contributed by atoms with van der Waals surface area (Å²) in [5, 5.41) is 14.3. The van der Waals surface area contributed by atoms with Crippen molar-refractivity contribution in [1.82, 2.24) is 5.32 Å². The molecule has 1 aliphatic carbocycles. The Kier molecular flexibility index (Phi) is 5.42. The largest absolute Gasteiger partial charge is 0.389 e. The molecule has 0 bridgehead atoms. The predicted octanol–water partition coefficient (Wildman–Crippen LogP) is 3.90. The third-order valence-electron chi connectivity index (χ3n) is 4.39. The minimum atomic E-state index is -0.620. The Bertz CT molecular complexity index is 444. The summed E-state index contributed by atoms with van der Waals surface area (Å²) in [5.74, 6) is 0.473. The zero-order valence-corrected chi connectivity index (χ0v) is 12.7. The topological polar surface area (TPSA) is 32.3 Å². The molecule has 1 fully saturated rings. The number of nitrogens with one attached hydrogen (secondary N) is 1. The van der Waals surface area contributed by atoms with Gasteiger partial charge in [-0.15, -0.1) is 0 Å². The van der Waals surface area contributed by atoms with Gasteiger partial charge in [-0.1, -0.05) is 24.9 Å². The molecule has 20 heavy (non-hydrogen) atoms. The Morgan fingerprint density at radius 1 is 1.40 bits per heavy atom. The van der Waals surface area contributed by atoms with Crippen molar-refractivity contribution in [1.29, 1.82) is 0 Å². The fourth-order valence-electron chi connectivity index (χ4n) is 2.91. The monoisotopic (exact) mass is 299 g/mol. The SMILES string of the molecule is CCC1CCC(O)(CNCc2cc(F)ccc2Cl)CC1. The summed E-state index contributed by atoms with van der Waals surface area (Å²) in [6.45, 7) is 3.23. The Labute approximate surface area is 125 Å². The second-order valence-corrected chi connectivity index (χ2v) is 6.32. The maximum atomic E-state index is 13.2. The number of hydrogen-bond acceptors (Lipinski definition) is 2. The summed E-state index contributed by atoms with van der Waals surface area (Å²) in [5.41, 5.74) is 0.114. The van der Waals surface area contributed by atoms with Crippen molar-refractivity contribution in [2.75, 3.05) is 6.54 Å². The first kappa shape index (κ1) is 15.7. The number of halogens is 2. The fourth-order valence-corrected chi connectivity index (χ4v) is 3.09. The van der Waals surface area contributed by atoms with E-state index in [1.807, 2.05) is 0 Å². The zero-order valence-electron chi connectivity index (χ0n) is 12.0. The lowest BCUT2D eigenvalue weighted by Crippen LogP contribution is -2.43. The third-order valence-corrected chi connectivity index (χ3v) is 4.76. The number of hydrogen-bond donors (Lipinski definition) is 2. The van der Waals surface area contributed by atoms with Gasteiger partial charge in [-0.05, 0) is 55.4 Å². The second kappa shape index (κ2) is 6.88. The summed E-state index contributed by atoms with van der Waals surface area (Å²) in [6.07, 6.45) is 5.07. The molecule has 2 rings (SSSR count). The van der Waals surface area contributed by atoms with Crippen LogP contribution in [0.25, 0.3) is 0 Å². The Balaban J connectivity index is 1.82. The maximum absolute atomic E-state index is 13.2. The molecule has 4 heteroatoms. The standard InChI is InChI=1S/C16H23ClFNO/c1-2-12-5-7-16(20,8-6-12)11-19-10-13-9-14(18)3-4-15(13)17/h3-4,9,12,19-20H,2,5-8,10-11H2,1H3. The van der Waals surface area contributed by atoms with E-state index in [4.69, 9.17) is 11.6 Å². The van der Waals surface area contributed by atoms with E-state index in [-0.39, 0.29) is 5.82 Å². The highest BCUT2D eigenvalue weighted by atomic mass is 35.5. The van der Waals surface area contributed by atoms with Crippen molar-refractivity contribution in [2.45, 2.75) is 51.2 Å². The quantitative estimate of drug-likeness (QED) is 0.864. The van der Waals surface area contributed by atoms with E-state index in [1.54, 1.807) is 6.07 Å². The Hall–Kier alpha value is -0.640. The molecule has 2 N–H and O–H groups in total. The molecule has 0 saturated heterocycles. The molecule has 0 amide bonds. The first-order chi connectivity index (χ1) is 9.52. The van der Waals surface area contributed by atoms with Gasteiger partial charge in [0.05, 0.1) is 5.60 Å². The van der Waals surface area contributed by atoms with Crippen molar-refractivity contribution in [3.63, 3.8) is 0 Å². The smallest absolute Gasteiger partial charge is 0.123 e. The second-order valence-electron chi connectivity index (χ2n) is 5.92. The first-order valence-corrected chi connectivity index (χ1v) is 7.77. The molecule has 1 saturated carbocycles. The highest BCUT2D eigenvalue weighted by Gasteiger charge is 2.32. The van der Waals surface area contributed by atoms with Gasteiger partial charge < -0.3 is 10.4 Å². The van der Waals surface area contributed by atoms with Crippen molar-refractivity contribution in [2.24, 2.45) is 5.92 Å². The molecule has 1 aromatic rings. The molecule has 0 aromatic heterocycles. The maximum Gasteiger partial charge on any atom is 0.123 e. The van der Waals surface area contributed by atoms with Crippen molar-refractivity contribution in [3.05, 3.63) is 34.6 Å². The van der Waals surface area contributed by atoms with Gasteiger partial charge in [0.25, 0.3) is 0 Å². The molecule has 1 aliphatic rings. The Morgan fingerprint density at radius 3 is 2.75 bits per heavy atom. The number of rotatable bonds is 5. The van der Waals surface area contributed by atoms with Crippen LogP contribution in [0, 0.1) is 11.7 Å². The van der Waals surface area contributed by atoms with E-state index in [1.165, 1.54) is 18.6 Å². The van der Waals surface area contributed by atoms with E-state index >= 15 is 0 Å². The predicted molar refractivity (Wildman–Crippen MR) is 80.3 cm³/mol. The van der Waals surface area contributed by atoms with Crippen LogP contribution in [0.15, 0.2) is 18.2 Å². The summed E-state index contributed by atoms with van der Waals surface area (Å²) in [6, 6.07) is 4.35. The molecule has 0 spiro atoms. The van der Waals surface area contributed by atoms with Crippen LogP contribution in [0.3, 0.4) is 0 Å². The van der Waals surface area contributed by atoms with Gasteiger partial charge in [0.15, 0.2) is 0 Å². The molecule has 0 heterocycles. The molecule has 1 aromatic carbocycles. The van der Waals surface area contributed by atoms with Gasteiger partial charge in [0, 0.05) is 18.1 Å². The lowest BCUT2D eigenvalue weighted by Gasteiger charge is -2.36. The van der Waals surface area contributed by atoms with Crippen molar-refractivity contribution < 1.29 is 9.50 Å². The van der Waals surface area contributed by atoms with E-state index in [2.05, 4.69) is 12.2 Å². The van der Waals surface area contributed by atoms with E-state index in [9.17, 15) is 9.50 Å². The number of benzene rings is 1. The van der Waals surface area contributed by atoms with Crippen molar-refractivity contribution in [3.8, 4) is 0 Å². The number of aliphatic hydroxyl groups is 1. The highest BCUT2D eigenvalue weighted by molar-refractivity contribution is 6.31. The van der Waals surface area contributed by atoms with Crippen LogP contribution >= 0.6 is 11.6 Å². The van der Waals surface area contributed by atoms with E-state index in [0.717, 1.165) is 37.2 Å². The molecule has 0 aliphatic heterocycles. The molecule has 112 valence electrons. The van der Waals surface area contributed by atoms with Gasteiger partial charge in [0.1, 0.15) is 5.82 Å².